The fourth-order valence-corrected chi connectivity index (χ4v) is 7.97. The molecule has 3 heterocycles. The topological polar surface area (TPSA) is 64.8 Å². The molecular formula is C37H51N5O2Si2. The number of ether oxygens (including phenoxy) is 2. The molecule has 0 spiro atoms. The SMILES string of the molecule is C[Si](C)(C)CCOCN(COCC[Si](C)(C)C)c1cc(C2=C[C@@H]3CC[C@H](C2)C3)nc2c(-c3ccc(-c4ccccc4)nc3)cnn12. The fourth-order valence-electron chi connectivity index (χ4n) is 6.45. The molecular weight excluding hydrogens is 603 g/mol. The average molecular weight is 654 g/mol. The van der Waals surface area contributed by atoms with Gasteiger partial charge in [0.25, 0.3) is 0 Å². The van der Waals surface area contributed by atoms with Crippen LogP contribution < -0.4 is 4.90 Å². The van der Waals surface area contributed by atoms with E-state index in [1.165, 1.54) is 24.8 Å². The van der Waals surface area contributed by atoms with Crippen molar-refractivity contribution in [2.24, 2.45) is 11.8 Å². The third-order valence-corrected chi connectivity index (χ3v) is 12.7. The van der Waals surface area contributed by atoms with Gasteiger partial charge in [-0.3, -0.25) is 4.98 Å². The summed E-state index contributed by atoms with van der Waals surface area (Å²) in [6.07, 6.45) is 11.4. The van der Waals surface area contributed by atoms with E-state index in [0.29, 0.717) is 19.4 Å². The Labute approximate surface area is 277 Å². The molecule has 0 aliphatic heterocycles. The molecule has 1 saturated carbocycles. The number of nitrogens with zero attached hydrogens (tertiary/aromatic N) is 5. The molecule has 3 aromatic heterocycles. The third kappa shape index (κ3) is 8.23. The zero-order chi connectivity index (χ0) is 32.3. The number of benzene rings is 1. The van der Waals surface area contributed by atoms with Crippen molar-refractivity contribution in [3.05, 3.63) is 72.7 Å². The van der Waals surface area contributed by atoms with Crippen molar-refractivity contribution in [3.63, 3.8) is 0 Å². The van der Waals surface area contributed by atoms with E-state index in [0.717, 1.165) is 77.2 Å². The Balaban J connectivity index is 1.37. The molecule has 46 heavy (non-hydrogen) atoms. The number of aromatic nitrogens is 4. The molecule has 0 radical (unpaired) electrons. The van der Waals surface area contributed by atoms with E-state index < -0.39 is 16.1 Å². The maximum absolute atomic E-state index is 6.35. The van der Waals surface area contributed by atoms with Crippen LogP contribution in [0, 0.1) is 11.8 Å². The second-order valence-electron chi connectivity index (χ2n) is 15.7. The van der Waals surface area contributed by atoms with E-state index in [2.05, 4.69) is 80.6 Å². The van der Waals surface area contributed by atoms with Gasteiger partial charge < -0.3 is 14.4 Å². The summed E-state index contributed by atoms with van der Waals surface area (Å²) in [6.45, 7) is 16.8. The van der Waals surface area contributed by atoms with E-state index in [4.69, 9.17) is 24.5 Å². The standard InChI is InChI=1S/C37H51N5O2Si2/c1-45(2,3)18-16-43-26-41(27-44-17-19-46(4,5)6)36-23-35(32-21-28-12-13-29(20-28)22-32)40-37-33(25-39-42(36)37)31-14-15-34(38-24-31)30-10-8-7-9-11-30/h7-11,14-15,21,23-25,28-29H,12-13,16-20,22,26-27H2,1-6H3/t28-,29+/m1/s1. The van der Waals surface area contributed by atoms with Crippen molar-refractivity contribution in [2.75, 3.05) is 31.6 Å². The van der Waals surface area contributed by atoms with E-state index in [1.807, 2.05) is 35.1 Å². The zero-order valence-electron chi connectivity index (χ0n) is 28.6. The van der Waals surface area contributed by atoms with Crippen LogP contribution in [-0.4, -0.2) is 62.4 Å². The molecule has 244 valence electrons. The minimum Gasteiger partial charge on any atom is -0.361 e. The zero-order valence-corrected chi connectivity index (χ0v) is 30.6. The molecule has 1 fully saturated rings. The van der Waals surface area contributed by atoms with Crippen molar-refractivity contribution in [2.45, 2.75) is 77.1 Å². The van der Waals surface area contributed by atoms with Gasteiger partial charge in [-0.15, -0.1) is 0 Å². The van der Waals surface area contributed by atoms with Crippen molar-refractivity contribution in [3.8, 4) is 22.4 Å². The predicted octanol–water partition coefficient (Wildman–Crippen LogP) is 9.09. The Kier molecular flexibility index (Phi) is 9.94. The minimum absolute atomic E-state index is 0.447. The van der Waals surface area contributed by atoms with Gasteiger partial charge in [-0.2, -0.15) is 9.61 Å². The van der Waals surface area contributed by atoms with E-state index in [1.54, 1.807) is 0 Å². The molecule has 4 aromatic rings. The van der Waals surface area contributed by atoms with Crippen LogP contribution >= 0.6 is 0 Å². The van der Waals surface area contributed by atoms with Gasteiger partial charge in [0.05, 0.1) is 17.6 Å². The van der Waals surface area contributed by atoms with Crippen LogP contribution in [0.1, 0.15) is 31.4 Å². The summed E-state index contributed by atoms with van der Waals surface area (Å²) in [7, 11) is -2.43. The molecule has 2 aliphatic carbocycles. The summed E-state index contributed by atoms with van der Waals surface area (Å²) < 4.78 is 14.7. The van der Waals surface area contributed by atoms with Gasteiger partial charge in [-0.25, -0.2) is 4.98 Å². The molecule has 2 atom stereocenters. The minimum atomic E-state index is -1.21. The predicted molar refractivity (Wildman–Crippen MR) is 196 cm³/mol. The third-order valence-electron chi connectivity index (χ3n) is 9.26. The molecule has 2 bridgehead atoms. The van der Waals surface area contributed by atoms with E-state index >= 15 is 0 Å². The number of pyridine rings is 1. The summed E-state index contributed by atoms with van der Waals surface area (Å²) in [5.74, 6) is 2.39. The Morgan fingerprint density at radius 2 is 1.54 bits per heavy atom. The number of rotatable bonds is 14. The normalized spacial score (nSPS) is 18.3. The van der Waals surface area contributed by atoms with Gasteiger partial charge >= 0.3 is 0 Å². The van der Waals surface area contributed by atoms with Gasteiger partial charge in [0.15, 0.2) is 5.65 Å². The lowest BCUT2D eigenvalue weighted by Gasteiger charge is -2.27. The van der Waals surface area contributed by atoms with Crippen LogP contribution in [0.3, 0.4) is 0 Å². The fraction of sp³-hybridized carbons (Fsp3) is 0.486. The Morgan fingerprint density at radius 3 is 2.17 bits per heavy atom. The highest BCUT2D eigenvalue weighted by Crippen LogP contribution is 2.44. The lowest BCUT2D eigenvalue weighted by Crippen LogP contribution is -2.33. The van der Waals surface area contributed by atoms with Crippen LogP contribution in [0.2, 0.25) is 51.4 Å². The second kappa shape index (κ2) is 13.9. The summed E-state index contributed by atoms with van der Waals surface area (Å²) in [5, 5.41) is 4.93. The highest BCUT2D eigenvalue weighted by molar-refractivity contribution is 6.76. The maximum Gasteiger partial charge on any atom is 0.165 e. The summed E-state index contributed by atoms with van der Waals surface area (Å²) in [6, 6.07) is 19.0. The quantitative estimate of drug-likeness (QED) is 0.0769. The summed E-state index contributed by atoms with van der Waals surface area (Å²) in [5.41, 5.74) is 7.30. The first-order valence-corrected chi connectivity index (χ1v) is 24.5. The lowest BCUT2D eigenvalue weighted by molar-refractivity contribution is 0.0942. The molecule has 1 aromatic carbocycles. The van der Waals surface area contributed by atoms with Crippen LogP contribution in [0.4, 0.5) is 5.82 Å². The lowest BCUT2D eigenvalue weighted by atomic mass is 9.88. The van der Waals surface area contributed by atoms with Crippen LogP contribution in [0.25, 0.3) is 33.6 Å². The smallest absolute Gasteiger partial charge is 0.165 e. The van der Waals surface area contributed by atoms with Crippen molar-refractivity contribution < 1.29 is 9.47 Å². The number of allylic oxidation sites excluding steroid dienone is 2. The second-order valence-corrected chi connectivity index (χ2v) is 26.9. The summed E-state index contributed by atoms with van der Waals surface area (Å²) in [4.78, 5) is 12.4. The van der Waals surface area contributed by atoms with Crippen molar-refractivity contribution in [1.82, 2.24) is 19.6 Å². The van der Waals surface area contributed by atoms with E-state index in [9.17, 15) is 0 Å². The summed E-state index contributed by atoms with van der Waals surface area (Å²) >= 11 is 0. The molecule has 7 nitrogen and oxygen atoms in total. The number of fused-ring (bicyclic) bond motifs is 3. The van der Waals surface area contributed by atoms with Gasteiger partial charge in [0.2, 0.25) is 0 Å². The Morgan fingerprint density at radius 1 is 0.826 bits per heavy atom. The number of hydrogen-bond acceptors (Lipinski definition) is 6. The largest absolute Gasteiger partial charge is 0.361 e. The molecule has 0 amide bonds. The van der Waals surface area contributed by atoms with Gasteiger partial charge in [-0.1, -0.05) is 81.8 Å². The maximum atomic E-state index is 6.35. The molecule has 0 unspecified atom stereocenters. The first-order valence-electron chi connectivity index (χ1n) is 17.0. The number of hydrogen-bond donors (Lipinski definition) is 0. The Hall–Kier alpha value is -3.12. The van der Waals surface area contributed by atoms with Crippen LogP contribution in [0.5, 0.6) is 0 Å². The first kappa shape index (κ1) is 32.8. The molecule has 0 N–H and O–H groups in total. The highest BCUT2D eigenvalue weighted by Gasteiger charge is 2.30. The van der Waals surface area contributed by atoms with Gasteiger partial charge in [0, 0.05) is 58.3 Å². The van der Waals surface area contributed by atoms with Gasteiger partial charge in [-0.05, 0) is 61.2 Å². The molecule has 9 heteroatoms. The molecule has 6 rings (SSSR count). The average Bonchev–Trinajstić information content (AvgIpc) is 3.61. The highest BCUT2D eigenvalue weighted by atomic mass is 28.3. The van der Waals surface area contributed by atoms with Crippen molar-refractivity contribution >= 4 is 33.2 Å². The van der Waals surface area contributed by atoms with Crippen LogP contribution in [-0.2, 0) is 9.47 Å². The van der Waals surface area contributed by atoms with Crippen LogP contribution in [0.15, 0.2) is 67.0 Å². The first-order chi connectivity index (χ1) is 22.0. The monoisotopic (exact) mass is 653 g/mol. The molecule has 0 saturated heterocycles. The van der Waals surface area contributed by atoms with Crippen molar-refractivity contribution in [1.29, 1.82) is 0 Å². The Bertz CT molecular complexity index is 1620. The number of anilines is 1. The molecule has 2 aliphatic rings. The van der Waals surface area contributed by atoms with E-state index in [-0.39, 0.29) is 0 Å². The van der Waals surface area contributed by atoms with Gasteiger partial charge in [0.1, 0.15) is 19.3 Å².